The van der Waals surface area contributed by atoms with Gasteiger partial charge in [0.2, 0.25) is 0 Å². The van der Waals surface area contributed by atoms with Gasteiger partial charge in [0.25, 0.3) is 5.56 Å². The van der Waals surface area contributed by atoms with E-state index in [-0.39, 0.29) is 5.56 Å². The van der Waals surface area contributed by atoms with Crippen LogP contribution in [0.5, 0.6) is 0 Å². The first kappa shape index (κ1) is 19.0. The number of anilines is 2. The zero-order valence-electron chi connectivity index (χ0n) is 16.9. The summed E-state index contributed by atoms with van der Waals surface area (Å²) in [5.41, 5.74) is 3.09. The standard InChI is InChI=1S/C22H21N7O2/c1-31-10-4-5-14-12-19(28-26-14)24-21-15-6-2-3-7-17(15)23-20(25-21)13-8-9-18-16(11-13)22(30)29-27-18/h2-3,6-9,11-12H,4-5,10H2,1H3,(H2,27,29,30)(H2,23,24,25,26,28). The van der Waals surface area contributed by atoms with Crippen molar-refractivity contribution in [3.8, 4) is 11.4 Å². The third-order valence-electron chi connectivity index (χ3n) is 5.10. The fourth-order valence-corrected chi connectivity index (χ4v) is 3.55. The minimum Gasteiger partial charge on any atom is -0.385 e. The first-order chi connectivity index (χ1) is 15.2. The van der Waals surface area contributed by atoms with Crippen LogP contribution in [0.25, 0.3) is 33.2 Å². The number of benzene rings is 2. The highest BCUT2D eigenvalue weighted by Crippen LogP contribution is 2.28. The maximum absolute atomic E-state index is 12.0. The molecule has 9 nitrogen and oxygen atoms in total. The molecule has 4 N–H and O–H groups in total. The van der Waals surface area contributed by atoms with Crippen molar-refractivity contribution in [3.05, 3.63) is 64.6 Å². The fourth-order valence-electron chi connectivity index (χ4n) is 3.55. The summed E-state index contributed by atoms with van der Waals surface area (Å²) in [7, 11) is 1.69. The molecule has 0 aliphatic heterocycles. The van der Waals surface area contributed by atoms with Gasteiger partial charge in [-0.25, -0.2) is 9.97 Å². The molecule has 0 fully saturated rings. The molecule has 31 heavy (non-hydrogen) atoms. The van der Waals surface area contributed by atoms with E-state index in [4.69, 9.17) is 14.7 Å². The van der Waals surface area contributed by atoms with Gasteiger partial charge in [0.15, 0.2) is 5.82 Å². The second kappa shape index (κ2) is 8.04. The summed E-state index contributed by atoms with van der Waals surface area (Å²) in [5, 5.41) is 17.6. The first-order valence-corrected chi connectivity index (χ1v) is 9.99. The Morgan fingerprint density at radius 2 is 1.94 bits per heavy atom. The van der Waals surface area contributed by atoms with Crippen LogP contribution < -0.4 is 10.9 Å². The van der Waals surface area contributed by atoms with Crippen LogP contribution >= 0.6 is 0 Å². The van der Waals surface area contributed by atoms with Crippen molar-refractivity contribution < 1.29 is 4.74 Å². The van der Waals surface area contributed by atoms with Gasteiger partial charge in [-0.2, -0.15) is 5.10 Å². The van der Waals surface area contributed by atoms with E-state index in [1.165, 1.54) is 0 Å². The van der Waals surface area contributed by atoms with Gasteiger partial charge < -0.3 is 10.1 Å². The quantitative estimate of drug-likeness (QED) is 0.302. The van der Waals surface area contributed by atoms with E-state index < -0.39 is 0 Å². The Morgan fingerprint density at radius 1 is 1.03 bits per heavy atom. The molecule has 0 spiro atoms. The number of rotatable bonds is 7. The second-order valence-corrected chi connectivity index (χ2v) is 7.25. The van der Waals surface area contributed by atoms with Gasteiger partial charge in [-0.3, -0.25) is 20.1 Å². The Bertz CT molecular complexity index is 1420. The van der Waals surface area contributed by atoms with Crippen LogP contribution in [-0.2, 0) is 11.2 Å². The van der Waals surface area contributed by atoms with E-state index in [9.17, 15) is 4.79 Å². The number of nitrogens with one attached hydrogen (secondary N) is 4. The van der Waals surface area contributed by atoms with Gasteiger partial charge in [-0.05, 0) is 43.2 Å². The van der Waals surface area contributed by atoms with Crippen LogP contribution in [0.4, 0.5) is 11.6 Å². The summed E-state index contributed by atoms with van der Waals surface area (Å²) in [6.45, 7) is 0.698. The molecule has 0 amide bonds. The van der Waals surface area contributed by atoms with Gasteiger partial charge in [0.05, 0.1) is 22.1 Å². The van der Waals surface area contributed by atoms with Crippen LogP contribution in [0.15, 0.2) is 53.3 Å². The maximum atomic E-state index is 12.0. The molecule has 3 aromatic heterocycles. The summed E-state index contributed by atoms with van der Waals surface area (Å²) in [5.74, 6) is 1.94. The molecule has 5 rings (SSSR count). The molecule has 5 aromatic rings. The summed E-state index contributed by atoms with van der Waals surface area (Å²) in [4.78, 5) is 21.5. The predicted molar refractivity (Wildman–Crippen MR) is 120 cm³/mol. The largest absolute Gasteiger partial charge is 0.385 e. The number of methoxy groups -OCH3 is 1. The van der Waals surface area contributed by atoms with Crippen LogP contribution in [0, 0.1) is 0 Å². The average Bonchev–Trinajstić information content (AvgIpc) is 3.40. The fraction of sp³-hybridized carbons (Fsp3) is 0.182. The zero-order chi connectivity index (χ0) is 21.2. The third-order valence-corrected chi connectivity index (χ3v) is 5.10. The van der Waals surface area contributed by atoms with Crippen molar-refractivity contribution in [2.75, 3.05) is 19.0 Å². The van der Waals surface area contributed by atoms with E-state index in [1.807, 2.05) is 42.5 Å². The van der Waals surface area contributed by atoms with Crippen LogP contribution in [0.1, 0.15) is 12.1 Å². The van der Waals surface area contributed by atoms with E-state index in [0.29, 0.717) is 23.6 Å². The molecule has 0 unspecified atom stereocenters. The number of hydrogen-bond donors (Lipinski definition) is 4. The highest BCUT2D eigenvalue weighted by molar-refractivity contribution is 5.92. The van der Waals surface area contributed by atoms with Crippen molar-refractivity contribution in [1.82, 2.24) is 30.4 Å². The molecule has 2 aromatic carbocycles. The van der Waals surface area contributed by atoms with E-state index >= 15 is 0 Å². The minimum absolute atomic E-state index is 0.172. The van der Waals surface area contributed by atoms with Crippen molar-refractivity contribution in [2.45, 2.75) is 12.8 Å². The molecule has 0 saturated carbocycles. The number of aromatic nitrogens is 6. The molecule has 0 bridgehead atoms. The van der Waals surface area contributed by atoms with Crippen LogP contribution in [-0.4, -0.2) is 44.1 Å². The monoisotopic (exact) mass is 415 g/mol. The molecule has 9 heteroatoms. The van der Waals surface area contributed by atoms with E-state index in [2.05, 4.69) is 25.7 Å². The third kappa shape index (κ3) is 3.78. The van der Waals surface area contributed by atoms with Gasteiger partial charge in [0, 0.05) is 30.7 Å². The number of para-hydroxylation sites is 1. The Labute approximate surface area is 176 Å². The Kier molecular flexibility index (Phi) is 4.93. The number of ether oxygens (including phenoxy) is 1. The second-order valence-electron chi connectivity index (χ2n) is 7.25. The van der Waals surface area contributed by atoms with Gasteiger partial charge in [-0.15, -0.1) is 0 Å². The molecule has 0 radical (unpaired) electrons. The van der Waals surface area contributed by atoms with E-state index in [0.717, 1.165) is 46.3 Å². The van der Waals surface area contributed by atoms with Gasteiger partial charge in [0.1, 0.15) is 11.6 Å². The van der Waals surface area contributed by atoms with Crippen molar-refractivity contribution in [1.29, 1.82) is 0 Å². The molecule has 0 atom stereocenters. The molecular weight excluding hydrogens is 394 g/mol. The molecule has 3 heterocycles. The number of hydrogen-bond acceptors (Lipinski definition) is 6. The topological polar surface area (TPSA) is 124 Å². The van der Waals surface area contributed by atoms with Crippen LogP contribution in [0.2, 0.25) is 0 Å². The Morgan fingerprint density at radius 3 is 2.84 bits per heavy atom. The van der Waals surface area contributed by atoms with Crippen molar-refractivity contribution in [3.63, 3.8) is 0 Å². The molecule has 0 saturated heterocycles. The van der Waals surface area contributed by atoms with Crippen LogP contribution in [0.3, 0.4) is 0 Å². The highest BCUT2D eigenvalue weighted by atomic mass is 16.5. The maximum Gasteiger partial charge on any atom is 0.271 e. The summed E-state index contributed by atoms with van der Waals surface area (Å²) in [6.07, 6.45) is 1.73. The number of fused-ring (bicyclic) bond motifs is 2. The molecule has 0 aliphatic carbocycles. The normalized spacial score (nSPS) is 11.4. The zero-order valence-corrected chi connectivity index (χ0v) is 16.9. The first-order valence-electron chi connectivity index (χ1n) is 9.99. The summed E-state index contributed by atoms with van der Waals surface area (Å²) < 4.78 is 5.10. The van der Waals surface area contributed by atoms with Gasteiger partial charge >= 0.3 is 0 Å². The average molecular weight is 415 g/mol. The lowest BCUT2D eigenvalue weighted by Crippen LogP contribution is -2.00. The van der Waals surface area contributed by atoms with Gasteiger partial charge in [-0.1, -0.05) is 12.1 Å². The van der Waals surface area contributed by atoms with Crippen molar-refractivity contribution >= 4 is 33.4 Å². The molecule has 156 valence electrons. The lowest BCUT2D eigenvalue weighted by atomic mass is 10.1. The Balaban J connectivity index is 1.53. The smallest absolute Gasteiger partial charge is 0.271 e. The highest BCUT2D eigenvalue weighted by Gasteiger charge is 2.12. The van der Waals surface area contributed by atoms with E-state index in [1.54, 1.807) is 13.2 Å². The molecule has 0 aliphatic rings. The predicted octanol–water partition coefficient (Wildman–Crippen LogP) is 3.51. The number of H-pyrrole nitrogens is 3. The molecular formula is C22H21N7O2. The lowest BCUT2D eigenvalue weighted by molar-refractivity contribution is 0.195. The number of nitrogens with zero attached hydrogens (tertiary/aromatic N) is 3. The minimum atomic E-state index is -0.172. The van der Waals surface area contributed by atoms with Crippen molar-refractivity contribution in [2.24, 2.45) is 0 Å². The lowest BCUT2D eigenvalue weighted by Gasteiger charge is -2.10. The summed E-state index contributed by atoms with van der Waals surface area (Å²) in [6, 6.07) is 15.3. The number of aryl methyl sites for hydroxylation is 1. The summed E-state index contributed by atoms with van der Waals surface area (Å²) >= 11 is 0. The Hall–Kier alpha value is -3.98. The number of aromatic amines is 3. The SMILES string of the molecule is COCCCc1cc(Nc2nc(-c3ccc4[nH][nH]c(=O)c4c3)nc3ccccc23)[nH]n1.